The number of amides is 1. The fourth-order valence-corrected chi connectivity index (χ4v) is 0.909. The second-order valence-corrected chi connectivity index (χ2v) is 4.84. The van der Waals surface area contributed by atoms with Crippen LogP contribution in [0.4, 0.5) is 31.1 Å². The zero-order valence-electron chi connectivity index (χ0n) is 10.7. The molecule has 0 unspecified atom stereocenters. The molecule has 0 aliphatic carbocycles. The Hall–Kier alpha value is -1.23. The van der Waals surface area contributed by atoms with Gasteiger partial charge in [0.1, 0.15) is 5.60 Å². The lowest BCUT2D eigenvalue weighted by atomic mass is 10.0. The molecule has 0 rings (SSSR count). The van der Waals surface area contributed by atoms with Crippen molar-refractivity contribution in [2.75, 3.05) is 6.54 Å². The number of hydrazine groups is 1. The van der Waals surface area contributed by atoms with E-state index in [1.165, 1.54) is 31.6 Å². The maximum atomic E-state index is 12.2. The molecule has 5 nitrogen and oxygen atoms in total. The minimum atomic E-state index is -5.96. The van der Waals surface area contributed by atoms with Crippen molar-refractivity contribution < 1.29 is 41.0 Å². The van der Waals surface area contributed by atoms with Gasteiger partial charge in [-0.05, 0) is 20.8 Å². The van der Waals surface area contributed by atoms with E-state index < -0.39 is 36.2 Å². The molecule has 0 fully saturated rings. The number of aliphatic hydroxyl groups is 1. The van der Waals surface area contributed by atoms with Gasteiger partial charge in [0.2, 0.25) is 0 Å². The lowest BCUT2D eigenvalue weighted by Crippen LogP contribution is -2.64. The number of alkyl halides is 6. The highest BCUT2D eigenvalue weighted by molar-refractivity contribution is 5.66. The number of nitrogens with one attached hydrogen (secondary N) is 2. The highest BCUT2D eigenvalue weighted by atomic mass is 19.4. The molecule has 1 amide bonds. The Morgan fingerprint density at radius 1 is 1.05 bits per heavy atom. The SMILES string of the molecule is CC(C)(C)OC(=O)NNCC(O)(C(F)(F)F)C(F)(F)F. The molecule has 0 aromatic heterocycles. The second kappa shape index (κ2) is 5.64. The second-order valence-electron chi connectivity index (χ2n) is 4.84. The highest BCUT2D eigenvalue weighted by Gasteiger charge is 2.70. The van der Waals surface area contributed by atoms with Crippen LogP contribution in [-0.4, -0.2) is 41.3 Å². The number of hydrogen-bond donors (Lipinski definition) is 3. The summed E-state index contributed by atoms with van der Waals surface area (Å²) in [5, 5.41) is 8.73. The van der Waals surface area contributed by atoms with E-state index in [1.807, 2.05) is 0 Å². The van der Waals surface area contributed by atoms with Crippen molar-refractivity contribution in [3.63, 3.8) is 0 Å². The Kier molecular flexibility index (Phi) is 5.29. The number of hydrogen-bond acceptors (Lipinski definition) is 4. The summed E-state index contributed by atoms with van der Waals surface area (Å²) in [6, 6.07) is 0. The molecule has 0 heterocycles. The van der Waals surface area contributed by atoms with Crippen molar-refractivity contribution >= 4 is 6.09 Å². The van der Waals surface area contributed by atoms with Gasteiger partial charge in [0.25, 0.3) is 5.60 Å². The first kappa shape index (κ1) is 18.8. The smallest absolute Gasteiger partial charge is 0.427 e. The minimum Gasteiger partial charge on any atom is -0.443 e. The van der Waals surface area contributed by atoms with Gasteiger partial charge in [-0.15, -0.1) is 0 Å². The van der Waals surface area contributed by atoms with Crippen LogP contribution in [0.3, 0.4) is 0 Å². The molecule has 0 aliphatic rings. The van der Waals surface area contributed by atoms with Gasteiger partial charge in [0.05, 0.1) is 6.54 Å². The van der Waals surface area contributed by atoms with Crippen molar-refractivity contribution in [2.24, 2.45) is 0 Å². The Morgan fingerprint density at radius 2 is 1.45 bits per heavy atom. The van der Waals surface area contributed by atoms with Crippen molar-refractivity contribution in [3.8, 4) is 0 Å². The molecule has 0 saturated heterocycles. The van der Waals surface area contributed by atoms with Crippen molar-refractivity contribution in [1.82, 2.24) is 10.9 Å². The number of rotatable bonds is 3. The zero-order valence-corrected chi connectivity index (χ0v) is 10.7. The molecule has 0 spiro atoms. The maximum absolute atomic E-state index is 12.2. The predicted octanol–water partition coefficient (Wildman–Crippen LogP) is 1.87. The van der Waals surface area contributed by atoms with Gasteiger partial charge in [0, 0.05) is 0 Å². The standard InChI is InChI=1S/C9H14F6N2O3/c1-6(2,3)20-5(18)17-16-4-7(19,8(10,11)12)9(13,14)15/h16,19H,4H2,1-3H3,(H,17,18). The van der Waals surface area contributed by atoms with Crippen LogP contribution in [0.2, 0.25) is 0 Å². The molecule has 3 N–H and O–H groups in total. The molecular formula is C9H14F6N2O3. The van der Waals surface area contributed by atoms with Gasteiger partial charge in [0.15, 0.2) is 0 Å². The summed E-state index contributed by atoms with van der Waals surface area (Å²) < 4.78 is 78.0. The third kappa shape index (κ3) is 5.04. The van der Waals surface area contributed by atoms with Crippen LogP contribution >= 0.6 is 0 Å². The molecule has 0 aliphatic heterocycles. The van der Waals surface area contributed by atoms with E-state index in [0.717, 1.165) is 0 Å². The van der Waals surface area contributed by atoms with E-state index in [-0.39, 0.29) is 0 Å². The molecule has 0 bridgehead atoms. The Balaban J connectivity index is 4.65. The van der Waals surface area contributed by atoms with E-state index in [9.17, 15) is 31.1 Å². The molecular weight excluding hydrogens is 298 g/mol. The zero-order chi connectivity index (χ0) is 16.4. The summed E-state index contributed by atoms with van der Waals surface area (Å²) in [5.41, 5.74) is -3.17. The van der Waals surface area contributed by atoms with Crippen LogP contribution in [-0.2, 0) is 4.74 Å². The lowest BCUT2D eigenvalue weighted by Gasteiger charge is -2.32. The van der Waals surface area contributed by atoms with Gasteiger partial charge < -0.3 is 9.84 Å². The molecule has 20 heavy (non-hydrogen) atoms. The summed E-state index contributed by atoms with van der Waals surface area (Å²) in [4.78, 5) is 11.0. The topological polar surface area (TPSA) is 70.6 Å². The van der Waals surface area contributed by atoms with Gasteiger partial charge >= 0.3 is 18.4 Å². The van der Waals surface area contributed by atoms with Crippen molar-refractivity contribution in [2.45, 2.75) is 44.3 Å². The van der Waals surface area contributed by atoms with E-state index in [0.29, 0.717) is 0 Å². The fraction of sp³-hybridized carbons (Fsp3) is 0.889. The number of ether oxygens (including phenoxy) is 1. The van der Waals surface area contributed by atoms with Crippen LogP contribution in [0.15, 0.2) is 0 Å². The van der Waals surface area contributed by atoms with Gasteiger partial charge in [-0.3, -0.25) is 5.43 Å². The minimum absolute atomic E-state index is 0.990. The van der Waals surface area contributed by atoms with Crippen LogP contribution in [0.5, 0.6) is 0 Å². The Bertz CT molecular complexity index is 333. The van der Waals surface area contributed by atoms with E-state index >= 15 is 0 Å². The average molecular weight is 312 g/mol. The average Bonchev–Trinajstić information content (AvgIpc) is 2.10. The first-order valence-corrected chi connectivity index (χ1v) is 5.18. The summed E-state index contributed by atoms with van der Waals surface area (Å²) >= 11 is 0. The van der Waals surface area contributed by atoms with Gasteiger partial charge in [-0.1, -0.05) is 0 Å². The predicted molar refractivity (Wildman–Crippen MR) is 54.4 cm³/mol. The highest BCUT2D eigenvalue weighted by Crippen LogP contribution is 2.42. The first-order valence-electron chi connectivity index (χ1n) is 5.18. The fourth-order valence-electron chi connectivity index (χ4n) is 0.909. The maximum Gasteiger partial charge on any atom is 0.427 e. The third-order valence-corrected chi connectivity index (χ3v) is 1.87. The third-order valence-electron chi connectivity index (χ3n) is 1.87. The molecule has 0 atom stereocenters. The molecule has 120 valence electrons. The monoisotopic (exact) mass is 312 g/mol. The van der Waals surface area contributed by atoms with Crippen molar-refractivity contribution in [3.05, 3.63) is 0 Å². The van der Waals surface area contributed by atoms with Crippen LogP contribution in [0.25, 0.3) is 0 Å². The molecule has 0 radical (unpaired) electrons. The molecule has 0 aromatic rings. The largest absolute Gasteiger partial charge is 0.443 e. The van der Waals surface area contributed by atoms with E-state index in [2.05, 4.69) is 4.74 Å². The van der Waals surface area contributed by atoms with Crippen LogP contribution < -0.4 is 10.9 Å². The summed E-state index contributed by atoms with van der Waals surface area (Å²) in [7, 11) is 0. The normalized spacial score (nSPS) is 14.1. The molecule has 11 heteroatoms. The van der Waals surface area contributed by atoms with Gasteiger partial charge in [-0.25, -0.2) is 10.2 Å². The molecule has 0 saturated carbocycles. The summed E-state index contributed by atoms with van der Waals surface area (Å²) in [5.74, 6) is 0. The quantitative estimate of drug-likeness (QED) is 0.550. The lowest BCUT2D eigenvalue weighted by molar-refractivity contribution is -0.365. The Labute approximate surface area is 110 Å². The summed E-state index contributed by atoms with van der Waals surface area (Å²) in [6.07, 6.45) is -13.2. The Morgan fingerprint density at radius 3 is 1.75 bits per heavy atom. The first-order chi connectivity index (χ1) is 8.60. The number of carbonyl (C=O) groups excluding carboxylic acids is 1. The van der Waals surface area contributed by atoms with Gasteiger partial charge in [-0.2, -0.15) is 26.3 Å². The van der Waals surface area contributed by atoms with Crippen LogP contribution in [0, 0.1) is 0 Å². The van der Waals surface area contributed by atoms with Crippen LogP contribution in [0.1, 0.15) is 20.8 Å². The van der Waals surface area contributed by atoms with Crippen molar-refractivity contribution in [1.29, 1.82) is 0 Å². The summed E-state index contributed by atoms with van der Waals surface area (Å²) in [6.45, 7) is 2.30. The van der Waals surface area contributed by atoms with E-state index in [4.69, 9.17) is 5.11 Å². The number of carbonyl (C=O) groups is 1. The molecule has 0 aromatic carbocycles. The van der Waals surface area contributed by atoms with E-state index in [1.54, 1.807) is 0 Å². The number of halogens is 6.